The Morgan fingerprint density at radius 2 is 2.88 bits per heavy atom. The van der Waals surface area contributed by atoms with E-state index in [-0.39, 0.29) is 5.25 Å². The van der Waals surface area contributed by atoms with Gasteiger partial charge < -0.3 is 5.43 Å². The minimum atomic E-state index is 0.264. The lowest BCUT2D eigenvalue weighted by Gasteiger charge is -1.92. The molecule has 1 unspecified atom stereocenters. The monoisotopic (exact) mass is 127 g/mol. The molecule has 0 spiro atoms. The molecular weight excluding hydrogens is 122 g/mol. The predicted octanol–water partition coefficient (Wildman–Crippen LogP) is 0.158. The third-order valence-corrected chi connectivity index (χ3v) is 1.53. The fraction of sp³-hybridized carbons (Fsp3) is 0.500. The highest BCUT2D eigenvalue weighted by Crippen LogP contribution is 2.07. The van der Waals surface area contributed by atoms with E-state index in [9.17, 15) is 0 Å². The molecule has 1 atom stereocenters. The van der Waals surface area contributed by atoms with Gasteiger partial charge in [-0.2, -0.15) is 10.4 Å². The number of nitrogens with one attached hydrogen (secondary N) is 1. The first kappa shape index (κ1) is 5.45. The molecular formula is C4H5N3S. The lowest BCUT2D eigenvalue weighted by Crippen LogP contribution is -2.10. The Balaban J connectivity index is 2.28. The van der Waals surface area contributed by atoms with Gasteiger partial charge >= 0.3 is 0 Å². The highest BCUT2D eigenvalue weighted by molar-refractivity contribution is 8.04. The summed E-state index contributed by atoms with van der Waals surface area (Å²) in [5.41, 5.74) is 2.75. The van der Waals surface area contributed by atoms with Crippen LogP contribution < -0.4 is 5.43 Å². The number of hydrogen-bond donors (Lipinski definition) is 1. The number of thioether (sulfide) groups is 1. The van der Waals surface area contributed by atoms with Gasteiger partial charge in [-0.05, 0) is 11.8 Å². The minimum absolute atomic E-state index is 0.264. The third-order valence-electron chi connectivity index (χ3n) is 0.829. The van der Waals surface area contributed by atoms with E-state index in [1.807, 2.05) is 5.40 Å². The van der Waals surface area contributed by atoms with Crippen molar-refractivity contribution in [3.05, 3.63) is 0 Å². The van der Waals surface area contributed by atoms with Crippen LogP contribution >= 0.6 is 11.8 Å². The molecule has 4 heteroatoms. The van der Waals surface area contributed by atoms with Crippen LogP contribution in [-0.4, -0.2) is 18.0 Å². The summed E-state index contributed by atoms with van der Waals surface area (Å²) in [6.07, 6.45) is 1.74. The summed E-state index contributed by atoms with van der Waals surface area (Å²) in [7, 11) is 0. The van der Waals surface area contributed by atoms with Crippen molar-refractivity contribution in [3.8, 4) is 5.40 Å². The van der Waals surface area contributed by atoms with Gasteiger partial charge in [0.05, 0.1) is 11.8 Å². The summed E-state index contributed by atoms with van der Waals surface area (Å²) >= 11 is 1.23. The zero-order chi connectivity index (χ0) is 5.82. The zero-order valence-electron chi connectivity index (χ0n) is 4.16. The lowest BCUT2D eigenvalue weighted by atomic mass is 10.5. The standard InChI is InChI=1S/C4H5N3S/c5-3-8-4-1-6-7-2-4/h1,4,7H,2H2. The van der Waals surface area contributed by atoms with Crippen molar-refractivity contribution < 1.29 is 0 Å². The van der Waals surface area contributed by atoms with Crippen molar-refractivity contribution in [1.82, 2.24) is 5.43 Å². The Kier molecular flexibility index (Phi) is 1.75. The van der Waals surface area contributed by atoms with Crippen molar-refractivity contribution in [2.75, 3.05) is 6.54 Å². The Morgan fingerprint density at radius 1 is 2.00 bits per heavy atom. The number of thiocyanates is 1. The molecule has 0 saturated heterocycles. The molecule has 0 aliphatic carbocycles. The minimum Gasteiger partial charge on any atom is -0.309 e. The first-order chi connectivity index (χ1) is 3.93. The molecule has 0 aromatic carbocycles. The van der Waals surface area contributed by atoms with Gasteiger partial charge in [0.2, 0.25) is 0 Å². The molecule has 1 rings (SSSR count). The highest BCUT2D eigenvalue weighted by atomic mass is 32.2. The van der Waals surface area contributed by atoms with E-state index in [0.717, 1.165) is 6.54 Å². The van der Waals surface area contributed by atoms with Crippen molar-refractivity contribution in [2.24, 2.45) is 5.10 Å². The molecule has 3 nitrogen and oxygen atoms in total. The van der Waals surface area contributed by atoms with Gasteiger partial charge in [0.15, 0.2) is 0 Å². The van der Waals surface area contributed by atoms with Crippen LogP contribution in [0.1, 0.15) is 0 Å². The SMILES string of the molecule is N#CSC1C=NNC1. The van der Waals surface area contributed by atoms with Crippen LogP contribution in [-0.2, 0) is 0 Å². The van der Waals surface area contributed by atoms with Crippen molar-refractivity contribution in [2.45, 2.75) is 5.25 Å². The first-order valence-electron chi connectivity index (χ1n) is 2.24. The average Bonchev–Trinajstić information content (AvgIpc) is 2.19. The van der Waals surface area contributed by atoms with E-state index < -0.39 is 0 Å². The van der Waals surface area contributed by atoms with Crippen LogP contribution in [0.25, 0.3) is 0 Å². The average molecular weight is 127 g/mol. The number of hydrazone groups is 1. The topological polar surface area (TPSA) is 48.2 Å². The lowest BCUT2D eigenvalue weighted by molar-refractivity contribution is 0.819. The number of rotatable bonds is 1. The second kappa shape index (κ2) is 2.58. The van der Waals surface area contributed by atoms with E-state index in [0.29, 0.717) is 0 Å². The summed E-state index contributed by atoms with van der Waals surface area (Å²) in [5, 5.41) is 14.1. The maximum Gasteiger partial charge on any atom is 0.134 e. The predicted molar refractivity (Wildman–Crippen MR) is 33.5 cm³/mol. The summed E-state index contributed by atoms with van der Waals surface area (Å²) in [5.74, 6) is 0. The van der Waals surface area contributed by atoms with Gasteiger partial charge in [-0.1, -0.05) is 0 Å². The summed E-state index contributed by atoms with van der Waals surface area (Å²) < 4.78 is 0. The van der Waals surface area contributed by atoms with Gasteiger partial charge in [0, 0.05) is 6.21 Å². The number of hydrogen-bond acceptors (Lipinski definition) is 4. The van der Waals surface area contributed by atoms with Gasteiger partial charge in [0.25, 0.3) is 0 Å². The third kappa shape index (κ3) is 1.14. The number of nitriles is 1. The van der Waals surface area contributed by atoms with Gasteiger partial charge in [-0.15, -0.1) is 0 Å². The molecule has 0 aromatic rings. The van der Waals surface area contributed by atoms with Crippen LogP contribution in [0.2, 0.25) is 0 Å². The first-order valence-corrected chi connectivity index (χ1v) is 3.12. The molecule has 1 heterocycles. The normalized spacial score (nSPS) is 24.6. The van der Waals surface area contributed by atoms with Crippen LogP contribution in [0.4, 0.5) is 0 Å². The Hall–Kier alpha value is -0.690. The smallest absolute Gasteiger partial charge is 0.134 e. The number of nitrogens with zero attached hydrogens (tertiary/aromatic N) is 2. The van der Waals surface area contributed by atoms with Gasteiger partial charge in [-0.25, -0.2) is 0 Å². The fourth-order valence-electron chi connectivity index (χ4n) is 0.471. The van der Waals surface area contributed by atoms with Crippen molar-refractivity contribution in [3.63, 3.8) is 0 Å². The van der Waals surface area contributed by atoms with Crippen molar-refractivity contribution in [1.29, 1.82) is 5.26 Å². The van der Waals surface area contributed by atoms with Crippen LogP contribution in [0.5, 0.6) is 0 Å². The zero-order valence-corrected chi connectivity index (χ0v) is 4.98. The molecule has 0 saturated carbocycles. The Labute approximate surface area is 51.8 Å². The highest BCUT2D eigenvalue weighted by Gasteiger charge is 2.08. The summed E-state index contributed by atoms with van der Waals surface area (Å²) in [4.78, 5) is 0. The van der Waals surface area contributed by atoms with Crippen molar-refractivity contribution >= 4 is 18.0 Å². The molecule has 1 aliphatic heterocycles. The van der Waals surface area contributed by atoms with E-state index in [1.165, 1.54) is 11.8 Å². The summed E-state index contributed by atoms with van der Waals surface area (Å²) in [6.45, 7) is 0.790. The molecule has 8 heavy (non-hydrogen) atoms. The molecule has 0 radical (unpaired) electrons. The molecule has 1 aliphatic rings. The van der Waals surface area contributed by atoms with E-state index in [1.54, 1.807) is 6.21 Å². The molecule has 0 bridgehead atoms. The Bertz CT molecular complexity index is 137. The molecule has 0 amide bonds. The van der Waals surface area contributed by atoms with E-state index in [4.69, 9.17) is 5.26 Å². The maximum absolute atomic E-state index is 8.15. The summed E-state index contributed by atoms with van der Waals surface area (Å²) in [6, 6.07) is 0. The maximum atomic E-state index is 8.15. The van der Waals surface area contributed by atoms with Crippen LogP contribution in [0, 0.1) is 10.7 Å². The largest absolute Gasteiger partial charge is 0.309 e. The molecule has 1 N–H and O–H groups in total. The van der Waals surface area contributed by atoms with Gasteiger partial charge in [-0.3, -0.25) is 0 Å². The van der Waals surface area contributed by atoms with Crippen LogP contribution in [0.15, 0.2) is 5.10 Å². The molecule has 42 valence electrons. The van der Waals surface area contributed by atoms with Crippen LogP contribution in [0.3, 0.4) is 0 Å². The quantitative estimate of drug-likeness (QED) is 0.510. The van der Waals surface area contributed by atoms with Gasteiger partial charge in [0.1, 0.15) is 5.40 Å². The molecule has 0 fully saturated rings. The second-order valence-electron chi connectivity index (χ2n) is 1.39. The van der Waals surface area contributed by atoms with E-state index >= 15 is 0 Å². The fourth-order valence-corrected chi connectivity index (χ4v) is 0.886. The Morgan fingerprint density at radius 3 is 3.38 bits per heavy atom. The van der Waals surface area contributed by atoms with E-state index in [2.05, 4.69) is 10.5 Å². The second-order valence-corrected chi connectivity index (χ2v) is 2.41. The molecule has 0 aromatic heterocycles.